The lowest BCUT2D eigenvalue weighted by Gasteiger charge is -1.93. The highest BCUT2D eigenvalue weighted by molar-refractivity contribution is 5.85. The van der Waals surface area contributed by atoms with Gasteiger partial charge < -0.3 is 9.84 Å². The number of hydrogen-bond acceptors (Lipinski definition) is 2. The van der Waals surface area contributed by atoms with Crippen LogP contribution in [0, 0.1) is 0 Å². The van der Waals surface area contributed by atoms with Crippen LogP contribution in [0.4, 0.5) is 4.39 Å². The van der Waals surface area contributed by atoms with Crippen molar-refractivity contribution in [1.82, 2.24) is 0 Å². The second-order valence-corrected chi connectivity index (χ2v) is 1.21. The van der Waals surface area contributed by atoms with Gasteiger partial charge in [-0.3, -0.25) is 0 Å². The predicted molar refractivity (Wildman–Crippen MR) is 29.4 cm³/mol. The zero-order valence-electron chi connectivity index (χ0n) is 4.98. The van der Waals surface area contributed by atoms with Crippen LogP contribution >= 0.6 is 0 Å². The molecule has 9 heavy (non-hydrogen) atoms. The maximum absolute atomic E-state index is 11.9. The first kappa shape index (κ1) is 7.94. The number of hydrogen-bond donors (Lipinski definition) is 0. The summed E-state index contributed by atoms with van der Waals surface area (Å²) in [5.41, 5.74) is 0. The topological polar surface area (TPSA) is 49.2 Å². The minimum Gasteiger partial charge on any atom is -0.596 e. The van der Waals surface area contributed by atoms with Crippen LogP contribution in [0.3, 0.4) is 0 Å². The van der Waals surface area contributed by atoms with Crippen LogP contribution in [-0.4, -0.2) is 17.7 Å². The SMILES string of the molecule is CCOC(=O)/C(F)=C/[OH2+]. The van der Waals surface area contributed by atoms with Crippen LogP contribution in [-0.2, 0) is 9.53 Å². The van der Waals surface area contributed by atoms with Crippen molar-refractivity contribution in [2.24, 2.45) is 0 Å². The summed E-state index contributed by atoms with van der Waals surface area (Å²) in [5.74, 6) is -2.25. The molecule has 0 aliphatic heterocycles. The first-order valence-electron chi connectivity index (χ1n) is 2.42. The maximum Gasteiger partial charge on any atom is 0.376 e. The van der Waals surface area contributed by atoms with E-state index in [1.54, 1.807) is 6.92 Å². The Morgan fingerprint density at radius 1 is 1.89 bits per heavy atom. The van der Waals surface area contributed by atoms with Gasteiger partial charge in [0, 0.05) is 0 Å². The van der Waals surface area contributed by atoms with Crippen molar-refractivity contribution in [3.63, 3.8) is 0 Å². The highest BCUT2D eigenvalue weighted by Crippen LogP contribution is 1.96. The van der Waals surface area contributed by atoms with E-state index in [9.17, 15) is 9.18 Å². The fraction of sp³-hybridized carbons (Fsp3) is 0.400. The van der Waals surface area contributed by atoms with E-state index in [0.29, 0.717) is 6.26 Å². The molecule has 0 bridgehead atoms. The summed E-state index contributed by atoms with van der Waals surface area (Å²) in [7, 11) is 0. The first-order chi connectivity index (χ1) is 4.22. The van der Waals surface area contributed by atoms with Crippen LogP contribution in [0.2, 0.25) is 0 Å². The molecular weight excluding hydrogens is 127 g/mol. The highest BCUT2D eigenvalue weighted by atomic mass is 19.1. The molecule has 0 saturated heterocycles. The number of ether oxygens (including phenoxy) is 1. The van der Waals surface area contributed by atoms with E-state index < -0.39 is 11.8 Å². The largest absolute Gasteiger partial charge is 0.596 e. The van der Waals surface area contributed by atoms with Gasteiger partial charge in [-0.2, -0.15) is 4.39 Å². The normalized spacial score (nSPS) is 11.1. The van der Waals surface area contributed by atoms with Crippen molar-refractivity contribution in [3.8, 4) is 0 Å². The lowest BCUT2D eigenvalue weighted by molar-refractivity contribution is -0.140. The average molecular weight is 135 g/mol. The molecule has 0 heterocycles. The number of halogens is 1. The average Bonchev–Trinajstić information content (AvgIpc) is 1.87. The summed E-state index contributed by atoms with van der Waals surface area (Å²) in [6.45, 7) is 1.69. The number of carbonyl (C=O) groups excluding carboxylic acids is 1. The van der Waals surface area contributed by atoms with Crippen LogP contribution in [0.5, 0.6) is 0 Å². The highest BCUT2D eigenvalue weighted by Gasteiger charge is 2.10. The Kier molecular flexibility index (Phi) is 3.43. The van der Waals surface area contributed by atoms with E-state index in [4.69, 9.17) is 5.11 Å². The molecule has 4 heteroatoms. The smallest absolute Gasteiger partial charge is 0.376 e. The molecule has 0 spiro atoms. The van der Waals surface area contributed by atoms with E-state index >= 15 is 0 Å². The summed E-state index contributed by atoms with van der Waals surface area (Å²) < 4.78 is 16.1. The second kappa shape index (κ2) is 3.88. The van der Waals surface area contributed by atoms with Crippen molar-refractivity contribution in [3.05, 3.63) is 12.1 Å². The van der Waals surface area contributed by atoms with Crippen molar-refractivity contribution in [1.29, 1.82) is 0 Å². The van der Waals surface area contributed by atoms with Crippen molar-refractivity contribution >= 4 is 5.97 Å². The quantitative estimate of drug-likeness (QED) is 0.233. The minimum absolute atomic E-state index is 0.125. The van der Waals surface area contributed by atoms with Gasteiger partial charge >= 0.3 is 5.97 Å². The lowest BCUT2D eigenvalue weighted by atomic mass is 10.6. The standard InChI is InChI=1S/C5H7FO3/c1-2-9-5(8)4(6)3-7/h3,7H,2H2,1H3/p+1/b4-3-. The summed E-state index contributed by atoms with van der Waals surface area (Å²) in [6.07, 6.45) is 0.317. The predicted octanol–water partition coefficient (Wildman–Crippen LogP) is 0.0850. The second-order valence-electron chi connectivity index (χ2n) is 1.21. The van der Waals surface area contributed by atoms with Crippen LogP contribution in [0.25, 0.3) is 0 Å². The van der Waals surface area contributed by atoms with Gasteiger partial charge in [-0.15, -0.1) is 0 Å². The Morgan fingerprint density at radius 3 is 2.78 bits per heavy atom. The molecule has 0 fully saturated rings. The Morgan fingerprint density at radius 2 is 2.44 bits per heavy atom. The molecule has 2 N–H and O–H groups in total. The molecule has 0 atom stereocenters. The Balaban J connectivity index is 3.74. The van der Waals surface area contributed by atoms with Gasteiger partial charge in [-0.25, -0.2) is 4.79 Å². The molecule has 0 aromatic heterocycles. The molecule has 0 aromatic rings. The molecule has 52 valence electrons. The zero-order valence-corrected chi connectivity index (χ0v) is 4.98. The van der Waals surface area contributed by atoms with Crippen molar-refractivity contribution in [2.45, 2.75) is 6.92 Å². The van der Waals surface area contributed by atoms with E-state index in [-0.39, 0.29) is 6.61 Å². The fourth-order valence-electron chi connectivity index (χ4n) is 0.259. The number of carbonyl (C=O) groups is 1. The molecule has 0 aliphatic rings. The third-order valence-corrected chi connectivity index (χ3v) is 0.597. The Hall–Kier alpha value is -1.06. The first-order valence-corrected chi connectivity index (χ1v) is 2.42. The molecule has 3 nitrogen and oxygen atoms in total. The molecule has 0 aromatic carbocycles. The van der Waals surface area contributed by atoms with E-state index in [2.05, 4.69) is 4.74 Å². The molecule has 0 amide bonds. The van der Waals surface area contributed by atoms with E-state index in [0.717, 1.165) is 0 Å². The van der Waals surface area contributed by atoms with Crippen LogP contribution in [0.15, 0.2) is 12.1 Å². The van der Waals surface area contributed by atoms with Crippen molar-refractivity contribution in [2.75, 3.05) is 6.61 Å². The minimum atomic E-state index is -1.17. The Labute approximate surface area is 51.7 Å². The summed E-state index contributed by atoms with van der Waals surface area (Å²) in [5, 5.41) is 6.28. The van der Waals surface area contributed by atoms with Gasteiger partial charge in [-0.05, 0) is 6.92 Å². The van der Waals surface area contributed by atoms with Gasteiger partial charge in [-0.1, -0.05) is 0 Å². The summed E-state index contributed by atoms with van der Waals surface area (Å²) >= 11 is 0. The van der Waals surface area contributed by atoms with Crippen LogP contribution < -0.4 is 0 Å². The lowest BCUT2D eigenvalue weighted by Crippen LogP contribution is -2.03. The number of esters is 1. The zero-order chi connectivity index (χ0) is 7.28. The monoisotopic (exact) mass is 135 g/mol. The molecule has 0 saturated carbocycles. The fourth-order valence-corrected chi connectivity index (χ4v) is 0.259. The van der Waals surface area contributed by atoms with Crippen LogP contribution in [0.1, 0.15) is 6.92 Å². The summed E-state index contributed by atoms with van der Waals surface area (Å²) in [4.78, 5) is 10.2. The van der Waals surface area contributed by atoms with Gasteiger partial charge in [0.1, 0.15) is 0 Å². The molecule has 0 unspecified atom stereocenters. The van der Waals surface area contributed by atoms with Gasteiger partial charge in [0.25, 0.3) is 12.1 Å². The third kappa shape index (κ3) is 2.69. The van der Waals surface area contributed by atoms with E-state index in [1.807, 2.05) is 0 Å². The molecule has 0 radical (unpaired) electrons. The number of rotatable bonds is 2. The Bertz CT molecular complexity index is 130. The molecular formula is C5H8FO3+. The maximum atomic E-state index is 11.9. The third-order valence-electron chi connectivity index (χ3n) is 0.597. The van der Waals surface area contributed by atoms with Crippen molar-refractivity contribution < 1.29 is 19.0 Å². The van der Waals surface area contributed by atoms with Gasteiger partial charge in [0.05, 0.1) is 6.61 Å². The molecule has 0 rings (SSSR count). The van der Waals surface area contributed by atoms with Gasteiger partial charge in [0.15, 0.2) is 0 Å². The summed E-state index contributed by atoms with van der Waals surface area (Å²) in [6, 6.07) is 0. The van der Waals surface area contributed by atoms with E-state index in [1.165, 1.54) is 0 Å². The molecule has 0 aliphatic carbocycles. The van der Waals surface area contributed by atoms with Gasteiger partial charge in [0.2, 0.25) is 0 Å².